The molecule has 1 aromatic rings. The van der Waals surface area contributed by atoms with Crippen molar-refractivity contribution in [3.8, 4) is 0 Å². The van der Waals surface area contributed by atoms with E-state index in [9.17, 15) is 9.59 Å². The molecule has 1 fully saturated rings. The lowest BCUT2D eigenvalue weighted by atomic mass is 9.77. The minimum absolute atomic E-state index is 0.0882. The molecule has 0 aromatic heterocycles. The molecule has 0 radical (unpaired) electrons. The van der Waals surface area contributed by atoms with Crippen molar-refractivity contribution in [3.05, 3.63) is 28.2 Å². The minimum atomic E-state index is -0.963. The van der Waals surface area contributed by atoms with Crippen molar-refractivity contribution in [3.63, 3.8) is 0 Å². The summed E-state index contributed by atoms with van der Waals surface area (Å²) in [6, 6.07) is 4.91. The Morgan fingerprint density at radius 3 is 2.55 bits per heavy atom. The van der Waals surface area contributed by atoms with Crippen LogP contribution in [0.5, 0.6) is 0 Å². The van der Waals surface area contributed by atoms with Crippen LogP contribution < -0.4 is 10.6 Å². The van der Waals surface area contributed by atoms with Crippen molar-refractivity contribution in [1.29, 1.82) is 0 Å². The average molecular weight is 317 g/mol. The van der Waals surface area contributed by atoms with E-state index in [-0.39, 0.29) is 17.5 Å². The molecular weight excluding hydrogens is 303 g/mol. The van der Waals surface area contributed by atoms with Crippen molar-refractivity contribution in [2.75, 3.05) is 11.9 Å². The van der Waals surface area contributed by atoms with Crippen LogP contribution in [0.3, 0.4) is 0 Å². The number of rotatable bonds is 5. The van der Waals surface area contributed by atoms with Gasteiger partial charge >= 0.3 is 5.97 Å². The molecule has 2 rings (SSSR count). The van der Waals surface area contributed by atoms with Gasteiger partial charge in [0.05, 0.1) is 22.3 Å². The lowest BCUT2D eigenvalue weighted by Crippen LogP contribution is -2.58. The second-order valence-electron chi connectivity index (χ2n) is 4.74. The number of halogens is 2. The highest BCUT2D eigenvalue weighted by Crippen LogP contribution is 2.32. The van der Waals surface area contributed by atoms with Crippen LogP contribution in [0.25, 0.3) is 0 Å². The number of anilines is 1. The van der Waals surface area contributed by atoms with Crippen LogP contribution in [0.1, 0.15) is 19.3 Å². The summed E-state index contributed by atoms with van der Waals surface area (Å²) >= 11 is 11.8. The molecule has 7 heteroatoms. The van der Waals surface area contributed by atoms with Gasteiger partial charge in [0.2, 0.25) is 5.91 Å². The lowest BCUT2D eigenvalue weighted by molar-refractivity contribution is -0.148. The molecule has 1 saturated carbocycles. The van der Waals surface area contributed by atoms with Gasteiger partial charge in [-0.3, -0.25) is 14.9 Å². The Labute approximate surface area is 126 Å². The Morgan fingerprint density at radius 2 is 2.00 bits per heavy atom. The van der Waals surface area contributed by atoms with Crippen LogP contribution in [0.2, 0.25) is 10.0 Å². The van der Waals surface area contributed by atoms with Gasteiger partial charge in [-0.25, -0.2) is 0 Å². The Hall–Kier alpha value is -1.30. The summed E-state index contributed by atoms with van der Waals surface area (Å²) in [7, 11) is 0. The number of aliphatic carboxylic acids is 1. The third-order valence-corrected chi connectivity index (χ3v) is 4.25. The smallest absolute Gasteiger partial charge is 0.323 e. The zero-order valence-electron chi connectivity index (χ0n) is 10.6. The number of carbonyl (C=O) groups is 2. The van der Waals surface area contributed by atoms with Gasteiger partial charge < -0.3 is 10.4 Å². The molecule has 3 N–H and O–H groups in total. The van der Waals surface area contributed by atoms with Gasteiger partial charge in [0.15, 0.2) is 0 Å². The van der Waals surface area contributed by atoms with E-state index in [1.807, 2.05) is 0 Å². The first kappa shape index (κ1) is 15.1. The first-order valence-corrected chi connectivity index (χ1v) is 6.92. The maximum Gasteiger partial charge on any atom is 0.323 e. The van der Waals surface area contributed by atoms with Gasteiger partial charge in [-0.15, -0.1) is 0 Å². The topological polar surface area (TPSA) is 78.4 Å². The zero-order valence-corrected chi connectivity index (χ0v) is 12.1. The van der Waals surface area contributed by atoms with Gasteiger partial charge in [0.25, 0.3) is 0 Å². The van der Waals surface area contributed by atoms with Crippen molar-refractivity contribution >= 4 is 40.8 Å². The molecule has 5 nitrogen and oxygen atoms in total. The Kier molecular flexibility index (Phi) is 4.52. The number of carboxylic acid groups (broad SMARTS) is 1. The molecular formula is C13H14Cl2N2O3. The highest BCUT2D eigenvalue weighted by atomic mass is 35.5. The van der Waals surface area contributed by atoms with Crippen LogP contribution in [0.15, 0.2) is 18.2 Å². The molecule has 1 amide bonds. The molecule has 1 aromatic carbocycles. The summed E-state index contributed by atoms with van der Waals surface area (Å²) in [4.78, 5) is 23.0. The fraction of sp³-hybridized carbons (Fsp3) is 0.385. The fourth-order valence-corrected chi connectivity index (χ4v) is 2.39. The Morgan fingerprint density at radius 1 is 1.30 bits per heavy atom. The lowest BCUT2D eigenvalue weighted by Gasteiger charge is -2.38. The van der Waals surface area contributed by atoms with Gasteiger partial charge in [-0.1, -0.05) is 29.3 Å². The van der Waals surface area contributed by atoms with Crippen molar-refractivity contribution in [1.82, 2.24) is 5.32 Å². The number of carbonyl (C=O) groups excluding carboxylic acids is 1. The molecule has 0 atom stereocenters. The number of carboxylic acids is 1. The highest BCUT2D eigenvalue weighted by Gasteiger charge is 2.44. The average Bonchev–Trinajstić information content (AvgIpc) is 2.33. The van der Waals surface area contributed by atoms with Crippen LogP contribution >= 0.6 is 23.2 Å². The first-order chi connectivity index (χ1) is 9.44. The second kappa shape index (κ2) is 5.99. The van der Waals surface area contributed by atoms with E-state index >= 15 is 0 Å². The van der Waals surface area contributed by atoms with Crippen molar-refractivity contribution in [2.45, 2.75) is 24.8 Å². The molecule has 20 heavy (non-hydrogen) atoms. The Bertz CT molecular complexity index is 544. The van der Waals surface area contributed by atoms with Gasteiger partial charge in [0.1, 0.15) is 5.54 Å². The van der Waals surface area contributed by atoms with Crippen LogP contribution in [-0.2, 0) is 9.59 Å². The van der Waals surface area contributed by atoms with Gasteiger partial charge in [-0.2, -0.15) is 0 Å². The molecule has 0 saturated heterocycles. The molecule has 1 aliphatic carbocycles. The number of hydrogen-bond donors (Lipinski definition) is 3. The molecule has 0 heterocycles. The maximum absolute atomic E-state index is 11.8. The predicted octanol–water partition coefficient (Wildman–Crippen LogP) is 2.53. The highest BCUT2D eigenvalue weighted by molar-refractivity contribution is 6.44. The molecule has 1 aliphatic rings. The summed E-state index contributed by atoms with van der Waals surface area (Å²) in [6.07, 6.45) is 1.92. The third kappa shape index (κ3) is 3.06. The van der Waals surface area contributed by atoms with Crippen LogP contribution in [0, 0.1) is 0 Å². The number of hydrogen-bond acceptors (Lipinski definition) is 3. The largest absolute Gasteiger partial charge is 0.480 e. The van der Waals surface area contributed by atoms with E-state index in [1.165, 1.54) is 0 Å². The molecule has 0 unspecified atom stereocenters. The second-order valence-corrected chi connectivity index (χ2v) is 5.53. The van der Waals surface area contributed by atoms with Crippen LogP contribution in [-0.4, -0.2) is 29.1 Å². The number of nitrogens with one attached hydrogen (secondary N) is 2. The predicted molar refractivity (Wildman–Crippen MR) is 77.3 cm³/mol. The zero-order chi connectivity index (χ0) is 14.8. The third-order valence-electron chi connectivity index (χ3n) is 3.43. The maximum atomic E-state index is 11.8. The molecule has 0 aliphatic heterocycles. The van der Waals surface area contributed by atoms with E-state index in [0.717, 1.165) is 6.42 Å². The number of amides is 1. The van der Waals surface area contributed by atoms with E-state index < -0.39 is 11.5 Å². The quantitative estimate of drug-likeness (QED) is 0.780. The van der Waals surface area contributed by atoms with Gasteiger partial charge in [-0.05, 0) is 31.4 Å². The standard InChI is InChI=1S/C13H14Cl2N2O3/c14-8-3-1-4-9(11(8)15)17-10(18)7-16-13(12(19)20)5-2-6-13/h1,3-4,16H,2,5-7H2,(H,17,18)(H,19,20). The molecule has 0 bridgehead atoms. The van der Waals surface area contributed by atoms with E-state index in [4.69, 9.17) is 28.3 Å². The first-order valence-electron chi connectivity index (χ1n) is 6.17. The normalized spacial score (nSPS) is 16.3. The van der Waals surface area contributed by atoms with E-state index in [0.29, 0.717) is 23.6 Å². The Balaban J connectivity index is 1.93. The van der Waals surface area contributed by atoms with Gasteiger partial charge in [0, 0.05) is 0 Å². The SMILES string of the molecule is O=C(CNC1(C(=O)O)CCC1)Nc1cccc(Cl)c1Cl. The molecule has 108 valence electrons. The van der Waals surface area contributed by atoms with E-state index in [1.54, 1.807) is 18.2 Å². The van der Waals surface area contributed by atoms with E-state index in [2.05, 4.69) is 10.6 Å². The number of benzene rings is 1. The summed E-state index contributed by atoms with van der Waals surface area (Å²) in [5.74, 6) is -1.28. The summed E-state index contributed by atoms with van der Waals surface area (Å²) in [5.41, 5.74) is -0.556. The fourth-order valence-electron chi connectivity index (χ4n) is 2.04. The molecule has 0 spiro atoms. The monoisotopic (exact) mass is 316 g/mol. The summed E-state index contributed by atoms with van der Waals surface area (Å²) in [5, 5.41) is 15.1. The van der Waals surface area contributed by atoms with Crippen LogP contribution in [0.4, 0.5) is 5.69 Å². The van der Waals surface area contributed by atoms with Crippen molar-refractivity contribution < 1.29 is 14.7 Å². The summed E-state index contributed by atoms with van der Waals surface area (Å²) in [6.45, 7) is -0.0882. The minimum Gasteiger partial charge on any atom is -0.480 e. The van der Waals surface area contributed by atoms with Crippen molar-refractivity contribution in [2.24, 2.45) is 0 Å². The summed E-state index contributed by atoms with van der Waals surface area (Å²) < 4.78 is 0.